The lowest BCUT2D eigenvalue weighted by molar-refractivity contribution is -0.122. The van der Waals surface area contributed by atoms with Gasteiger partial charge >= 0.3 is 0 Å². The third-order valence-corrected chi connectivity index (χ3v) is 4.89. The van der Waals surface area contributed by atoms with E-state index in [2.05, 4.69) is 4.99 Å². The van der Waals surface area contributed by atoms with Gasteiger partial charge in [-0.25, -0.2) is 4.99 Å². The number of likely N-dealkylation sites (N-methyl/N-ethyl adjacent to an activating group) is 1. The molecule has 0 bridgehead atoms. The first-order valence-electron chi connectivity index (χ1n) is 8.43. The van der Waals surface area contributed by atoms with E-state index in [4.69, 9.17) is 0 Å². The van der Waals surface area contributed by atoms with Crippen LogP contribution >= 0.6 is 11.8 Å². The van der Waals surface area contributed by atoms with Gasteiger partial charge in [0.05, 0.1) is 10.6 Å². The number of carbonyl (C=O) groups excluding carboxylic acids is 2. The number of benzene rings is 2. The Morgan fingerprint density at radius 2 is 1.85 bits per heavy atom. The highest BCUT2D eigenvalue weighted by atomic mass is 32.2. The maximum atomic E-state index is 12.8. The Labute approximate surface area is 161 Å². The minimum Gasteiger partial charge on any atom is -0.508 e. The first kappa shape index (κ1) is 18.7. The topological polar surface area (TPSA) is 73.2 Å². The van der Waals surface area contributed by atoms with E-state index >= 15 is 0 Å². The molecular weight excluding hydrogens is 362 g/mol. The number of hydrogen-bond donors (Lipinski definition) is 1. The molecule has 0 atom stereocenters. The van der Waals surface area contributed by atoms with Crippen LogP contribution in [0, 0.1) is 0 Å². The average molecular weight is 381 g/mol. The summed E-state index contributed by atoms with van der Waals surface area (Å²) in [6.07, 6.45) is 1.56. The van der Waals surface area contributed by atoms with Gasteiger partial charge in [0.1, 0.15) is 5.75 Å². The summed E-state index contributed by atoms with van der Waals surface area (Å²) in [5, 5.41) is 9.93. The van der Waals surface area contributed by atoms with Crippen LogP contribution < -0.4 is 4.90 Å². The summed E-state index contributed by atoms with van der Waals surface area (Å²) >= 11 is 1.22. The van der Waals surface area contributed by atoms with Crippen LogP contribution in [0.3, 0.4) is 0 Å². The van der Waals surface area contributed by atoms with Crippen LogP contribution in [0.15, 0.2) is 70.7 Å². The number of aromatic hydroxyl groups is 1. The fraction of sp³-hybridized carbons (Fsp3) is 0.150. The van der Waals surface area contributed by atoms with Crippen molar-refractivity contribution in [2.24, 2.45) is 4.99 Å². The molecule has 0 spiro atoms. The molecule has 1 saturated heterocycles. The summed E-state index contributed by atoms with van der Waals surface area (Å²) in [4.78, 5) is 32.8. The molecule has 1 heterocycles. The predicted molar refractivity (Wildman–Crippen MR) is 108 cm³/mol. The monoisotopic (exact) mass is 381 g/mol. The van der Waals surface area contributed by atoms with Gasteiger partial charge in [-0.2, -0.15) is 0 Å². The van der Waals surface area contributed by atoms with Crippen molar-refractivity contribution in [2.75, 3.05) is 11.4 Å². The van der Waals surface area contributed by atoms with Crippen LogP contribution in [0.5, 0.6) is 5.75 Å². The number of aliphatic imine (C=N–C) groups is 1. The Balaban J connectivity index is 1.94. The number of para-hydroxylation sites is 1. The van der Waals surface area contributed by atoms with Crippen molar-refractivity contribution < 1.29 is 14.7 Å². The molecule has 1 fully saturated rings. The van der Waals surface area contributed by atoms with Crippen LogP contribution in [0.25, 0.3) is 0 Å². The van der Waals surface area contributed by atoms with Crippen LogP contribution in [0.1, 0.15) is 13.8 Å². The van der Waals surface area contributed by atoms with E-state index in [0.717, 1.165) is 0 Å². The highest BCUT2D eigenvalue weighted by Crippen LogP contribution is 2.33. The number of thioether (sulfide) groups is 1. The molecule has 27 heavy (non-hydrogen) atoms. The van der Waals surface area contributed by atoms with E-state index in [-0.39, 0.29) is 17.6 Å². The maximum absolute atomic E-state index is 12.8. The van der Waals surface area contributed by atoms with Gasteiger partial charge in [0, 0.05) is 25.4 Å². The molecule has 0 aromatic heterocycles. The zero-order valence-electron chi connectivity index (χ0n) is 15.0. The summed E-state index contributed by atoms with van der Waals surface area (Å²) in [6.45, 7) is 3.79. The van der Waals surface area contributed by atoms with E-state index in [1.54, 1.807) is 35.4 Å². The molecule has 7 heteroatoms. The molecule has 3 rings (SSSR count). The van der Waals surface area contributed by atoms with Crippen molar-refractivity contribution in [1.29, 1.82) is 0 Å². The zero-order valence-corrected chi connectivity index (χ0v) is 15.8. The molecule has 6 nitrogen and oxygen atoms in total. The molecule has 138 valence electrons. The van der Waals surface area contributed by atoms with E-state index in [0.29, 0.717) is 28.0 Å². The summed E-state index contributed by atoms with van der Waals surface area (Å²) in [6, 6.07) is 15.6. The number of hydrogen-bond acceptors (Lipinski definition) is 5. The third kappa shape index (κ3) is 4.20. The molecule has 0 unspecified atom stereocenters. The van der Waals surface area contributed by atoms with Gasteiger partial charge in [0.2, 0.25) is 5.91 Å². The van der Waals surface area contributed by atoms with E-state index < -0.39 is 0 Å². The first-order valence-corrected chi connectivity index (χ1v) is 9.25. The standard InChI is InChI=1S/C20H19N3O3S/c1-3-22-19(26)18(13-23(14(2)24)16-7-5-4-6-8-16)27-20(22)21-15-9-11-17(25)12-10-15/h4-13,25H,3H2,1-2H3. The third-order valence-electron chi connectivity index (χ3n) is 3.90. The maximum Gasteiger partial charge on any atom is 0.268 e. The van der Waals surface area contributed by atoms with Gasteiger partial charge in [-0.3, -0.25) is 19.4 Å². The van der Waals surface area contributed by atoms with Gasteiger partial charge in [0.25, 0.3) is 5.91 Å². The van der Waals surface area contributed by atoms with Crippen molar-refractivity contribution in [3.63, 3.8) is 0 Å². The second-order valence-corrected chi connectivity index (χ2v) is 6.79. The Morgan fingerprint density at radius 3 is 2.44 bits per heavy atom. The molecule has 1 N–H and O–H groups in total. The van der Waals surface area contributed by atoms with Gasteiger partial charge in [-0.1, -0.05) is 18.2 Å². The molecular formula is C20H19N3O3S. The van der Waals surface area contributed by atoms with Crippen LogP contribution in [0.4, 0.5) is 11.4 Å². The number of amidine groups is 1. The van der Waals surface area contributed by atoms with Crippen molar-refractivity contribution >= 4 is 40.1 Å². The van der Waals surface area contributed by atoms with E-state index in [9.17, 15) is 14.7 Å². The van der Waals surface area contributed by atoms with Crippen molar-refractivity contribution in [3.8, 4) is 5.75 Å². The number of phenolic OH excluding ortho intramolecular Hbond substituents is 1. The Morgan fingerprint density at radius 1 is 1.19 bits per heavy atom. The second kappa shape index (κ2) is 8.09. The lowest BCUT2D eigenvalue weighted by Gasteiger charge is -2.17. The minimum atomic E-state index is -0.192. The molecule has 2 amide bonds. The summed E-state index contributed by atoms with van der Waals surface area (Å²) < 4.78 is 0. The van der Waals surface area contributed by atoms with Gasteiger partial charge in [0.15, 0.2) is 5.17 Å². The first-order chi connectivity index (χ1) is 13.0. The van der Waals surface area contributed by atoms with Gasteiger partial charge in [-0.05, 0) is 55.1 Å². The number of anilines is 1. The number of phenols is 1. The SMILES string of the molecule is CCN1C(=O)C(=CN(C(C)=O)c2ccccc2)SC1=Nc1ccc(O)cc1. The van der Waals surface area contributed by atoms with Gasteiger partial charge < -0.3 is 5.11 Å². The molecule has 1 aliphatic heterocycles. The molecule has 2 aromatic carbocycles. The molecule has 2 aromatic rings. The number of nitrogens with zero attached hydrogens (tertiary/aromatic N) is 3. The Bertz CT molecular complexity index is 908. The van der Waals surface area contributed by atoms with Crippen molar-refractivity contribution in [1.82, 2.24) is 4.90 Å². The minimum absolute atomic E-state index is 0.155. The average Bonchev–Trinajstić information content (AvgIpc) is 2.96. The quantitative estimate of drug-likeness (QED) is 0.816. The molecule has 0 radical (unpaired) electrons. The van der Waals surface area contributed by atoms with Crippen molar-refractivity contribution in [2.45, 2.75) is 13.8 Å². The van der Waals surface area contributed by atoms with Crippen LogP contribution in [0.2, 0.25) is 0 Å². The fourth-order valence-corrected chi connectivity index (χ4v) is 3.58. The van der Waals surface area contributed by atoms with E-state index in [1.165, 1.54) is 23.6 Å². The molecule has 1 aliphatic rings. The van der Waals surface area contributed by atoms with Crippen LogP contribution in [-0.4, -0.2) is 33.5 Å². The number of carbonyl (C=O) groups is 2. The van der Waals surface area contributed by atoms with Crippen molar-refractivity contribution in [3.05, 3.63) is 65.7 Å². The summed E-state index contributed by atoms with van der Waals surface area (Å²) in [5.41, 5.74) is 1.33. The molecule has 0 saturated carbocycles. The van der Waals surface area contributed by atoms with Crippen LogP contribution in [-0.2, 0) is 9.59 Å². The zero-order chi connectivity index (χ0) is 19.4. The summed E-state index contributed by atoms with van der Waals surface area (Å²) in [5.74, 6) is -0.224. The highest BCUT2D eigenvalue weighted by Gasteiger charge is 2.33. The normalized spacial score (nSPS) is 17.0. The van der Waals surface area contributed by atoms with E-state index in [1.807, 2.05) is 37.3 Å². The summed E-state index contributed by atoms with van der Waals surface area (Å²) in [7, 11) is 0. The Hall–Kier alpha value is -3.06. The van der Waals surface area contributed by atoms with Gasteiger partial charge in [-0.15, -0.1) is 0 Å². The fourth-order valence-electron chi connectivity index (χ4n) is 2.55. The number of amides is 2. The second-order valence-electron chi connectivity index (χ2n) is 5.78. The Kier molecular flexibility index (Phi) is 5.61. The largest absolute Gasteiger partial charge is 0.508 e. The lowest BCUT2D eigenvalue weighted by Crippen LogP contribution is -2.29. The number of rotatable bonds is 4. The predicted octanol–water partition coefficient (Wildman–Crippen LogP) is 3.87. The highest BCUT2D eigenvalue weighted by molar-refractivity contribution is 8.18. The molecule has 0 aliphatic carbocycles. The smallest absolute Gasteiger partial charge is 0.268 e. The lowest BCUT2D eigenvalue weighted by atomic mass is 10.3.